The molecular formula is C14H12ClFN2O. The van der Waals surface area contributed by atoms with Gasteiger partial charge >= 0.3 is 0 Å². The molecule has 0 spiro atoms. The Morgan fingerprint density at radius 1 is 1.26 bits per heavy atom. The summed E-state index contributed by atoms with van der Waals surface area (Å²) in [4.78, 5) is 12.0. The second-order valence-corrected chi connectivity index (χ2v) is 4.56. The number of hydrogen-bond acceptors (Lipinski definition) is 2. The number of amides is 1. The maximum atomic E-state index is 13.4. The molecule has 0 atom stereocenters. The fraction of sp³-hybridized carbons (Fsp3) is 0.0714. The highest BCUT2D eigenvalue weighted by atomic mass is 35.5. The molecule has 3 N–H and O–H groups in total. The van der Waals surface area contributed by atoms with E-state index >= 15 is 0 Å². The Kier molecular flexibility index (Phi) is 3.71. The van der Waals surface area contributed by atoms with Gasteiger partial charge in [-0.05, 0) is 42.8 Å². The van der Waals surface area contributed by atoms with E-state index in [9.17, 15) is 9.18 Å². The molecule has 0 unspecified atom stereocenters. The molecule has 2 rings (SSSR count). The Morgan fingerprint density at radius 2 is 2.00 bits per heavy atom. The van der Waals surface area contributed by atoms with Crippen LogP contribution in [0.2, 0.25) is 5.02 Å². The van der Waals surface area contributed by atoms with E-state index in [1.54, 1.807) is 25.1 Å². The van der Waals surface area contributed by atoms with Gasteiger partial charge in [0.1, 0.15) is 5.82 Å². The zero-order valence-corrected chi connectivity index (χ0v) is 11.0. The van der Waals surface area contributed by atoms with Crippen molar-refractivity contribution in [3.05, 3.63) is 58.4 Å². The first-order valence-corrected chi connectivity index (χ1v) is 5.97. The van der Waals surface area contributed by atoms with Crippen molar-refractivity contribution >= 4 is 28.9 Å². The summed E-state index contributed by atoms with van der Waals surface area (Å²) in [6, 6.07) is 9.08. The van der Waals surface area contributed by atoms with Gasteiger partial charge in [-0.25, -0.2) is 4.39 Å². The SMILES string of the molecule is Cc1ccc(NC(=O)c2ccc(N)cc2Cl)cc1F. The second kappa shape index (κ2) is 5.28. The molecule has 0 saturated heterocycles. The monoisotopic (exact) mass is 278 g/mol. The Bertz CT molecular complexity index is 643. The zero-order valence-electron chi connectivity index (χ0n) is 10.2. The molecule has 0 aliphatic carbocycles. The maximum absolute atomic E-state index is 13.4. The van der Waals surface area contributed by atoms with Crippen LogP contribution in [0.4, 0.5) is 15.8 Å². The third-order valence-corrected chi connectivity index (χ3v) is 2.98. The second-order valence-electron chi connectivity index (χ2n) is 4.16. The van der Waals surface area contributed by atoms with E-state index in [0.717, 1.165) is 0 Å². The third-order valence-electron chi connectivity index (χ3n) is 2.67. The van der Waals surface area contributed by atoms with Gasteiger partial charge in [0.2, 0.25) is 0 Å². The molecule has 0 aliphatic heterocycles. The summed E-state index contributed by atoms with van der Waals surface area (Å²) in [7, 11) is 0. The van der Waals surface area contributed by atoms with Crippen LogP contribution in [0.25, 0.3) is 0 Å². The van der Waals surface area contributed by atoms with Gasteiger partial charge in [-0.3, -0.25) is 4.79 Å². The highest BCUT2D eigenvalue weighted by Gasteiger charge is 2.11. The van der Waals surface area contributed by atoms with Gasteiger partial charge in [0, 0.05) is 11.4 Å². The van der Waals surface area contributed by atoms with Crippen molar-refractivity contribution in [1.29, 1.82) is 0 Å². The molecule has 0 fully saturated rings. The van der Waals surface area contributed by atoms with E-state index in [1.165, 1.54) is 18.2 Å². The number of benzene rings is 2. The lowest BCUT2D eigenvalue weighted by molar-refractivity contribution is 0.102. The third kappa shape index (κ3) is 3.03. The minimum atomic E-state index is -0.409. The van der Waals surface area contributed by atoms with E-state index < -0.39 is 5.91 Å². The summed E-state index contributed by atoms with van der Waals surface area (Å²) in [5.74, 6) is -0.783. The molecule has 19 heavy (non-hydrogen) atoms. The normalized spacial score (nSPS) is 10.3. The summed E-state index contributed by atoms with van der Waals surface area (Å²) >= 11 is 5.93. The van der Waals surface area contributed by atoms with Gasteiger partial charge in [-0.2, -0.15) is 0 Å². The van der Waals surface area contributed by atoms with Crippen LogP contribution < -0.4 is 11.1 Å². The van der Waals surface area contributed by atoms with Crippen molar-refractivity contribution in [2.45, 2.75) is 6.92 Å². The summed E-state index contributed by atoms with van der Waals surface area (Å²) in [6.45, 7) is 1.65. The number of anilines is 2. The Morgan fingerprint density at radius 3 is 2.63 bits per heavy atom. The smallest absolute Gasteiger partial charge is 0.257 e. The van der Waals surface area contributed by atoms with Gasteiger partial charge in [-0.1, -0.05) is 17.7 Å². The molecule has 0 bridgehead atoms. The van der Waals surface area contributed by atoms with Crippen LogP contribution in [0.5, 0.6) is 0 Å². The largest absolute Gasteiger partial charge is 0.399 e. The van der Waals surface area contributed by atoms with Crippen LogP contribution in [-0.4, -0.2) is 5.91 Å². The molecule has 3 nitrogen and oxygen atoms in total. The van der Waals surface area contributed by atoms with E-state index in [1.807, 2.05) is 0 Å². The Labute approximate surface area is 115 Å². The van der Waals surface area contributed by atoms with E-state index in [-0.39, 0.29) is 16.4 Å². The van der Waals surface area contributed by atoms with Crippen molar-refractivity contribution in [3.63, 3.8) is 0 Å². The van der Waals surface area contributed by atoms with Gasteiger partial charge < -0.3 is 11.1 Å². The fourth-order valence-electron chi connectivity index (χ4n) is 1.58. The van der Waals surface area contributed by atoms with Crippen LogP contribution in [0.1, 0.15) is 15.9 Å². The van der Waals surface area contributed by atoms with Crippen LogP contribution in [0.15, 0.2) is 36.4 Å². The number of nitrogens with two attached hydrogens (primary N) is 1. The van der Waals surface area contributed by atoms with Gasteiger partial charge in [0.05, 0.1) is 10.6 Å². The quantitative estimate of drug-likeness (QED) is 0.824. The molecular weight excluding hydrogens is 267 g/mol. The number of carbonyl (C=O) groups excluding carboxylic acids is 1. The van der Waals surface area contributed by atoms with Crippen molar-refractivity contribution < 1.29 is 9.18 Å². The molecule has 0 aliphatic rings. The van der Waals surface area contributed by atoms with Crippen molar-refractivity contribution in [1.82, 2.24) is 0 Å². The molecule has 0 saturated carbocycles. The summed E-state index contributed by atoms with van der Waals surface area (Å²) < 4.78 is 13.4. The van der Waals surface area contributed by atoms with Gasteiger partial charge in [-0.15, -0.1) is 0 Å². The number of nitrogens with one attached hydrogen (secondary N) is 1. The summed E-state index contributed by atoms with van der Waals surface area (Å²) in [5, 5.41) is 2.84. The standard InChI is InChI=1S/C14H12ClFN2O/c1-8-2-4-10(7-13(8)16)18-14(19)11-5-3-9(17)6-12(11)15/h2-7H,17H2,1H3,(H,18,19). The fourth-order valence-corrected chi connectivity index (χ4v) is 1.86. The molecule has 5 heteroatoms. The minimum Gasteiger partial charge on any atom is -0.399 e. The Hall–Kier alpha value is -2.07. The van der Waals surface area contributed by atoms with Crippen LogP contribution in [0.3, 0.4) is 0 Å². The summed E-state index contributed by atoms with van der Waals surface area (Å²) in [5.41, 5.74) is 7.21. The van der Waals surface area contributed by atoms with Crippen LogP contribution >= 0.6 is 11.6 Å². The van der Waals surface area contributed by atoms with Crippen molar-refractivity contribution in [2.75, 3.05) is 11.1 Å². The lowest BCUT2D eigenvalue weighted by Gasteiger charge is -2.08. The van der Waals surface area contributed by atoms with Crippen molar-refractivity contribution in [3.8, 4) is 0 Å². The zero-order chi connectivity index (χ0) is 14.0. The molecule has 0 heterocycles. The summed E-state index contributed by atoms with van der Waals surface area (Å²) in [6.07, 6.45) is 0. The molecule has 2 aromatic carbocycles. The number of hydrogen-bond donors (Lipinski definition) is 2. The molecule has 98 valence electrons. The number of halogens is 2. The lowest BCUT2D eigenvalue weighted by atomic mass is 10.1. The highest BCUT2D eigenvalue weighted by molar-refractivity contribution is 6.34. The first-order valence-electron chi connectivity index (χ1n) is 5.60. The number of aryl methyl sites for hydroxylation is 1. The van der Waals surface area contributed by atoms with E-state index in [4.69, 9.17) is 17.3 Å². The lowest BCUT2D eigenvalue weighted by Crippen LogP contribution is -2.12. The van der Waals surface area contributed by atoms with E-state index in [0.29, 0.717) is 16.9 Å². The number of carbonyl (C=O) groups is 1. The maximum Gasteiger partial charge on any atom is 0.257 e. The van der Waals surface area contributed by atoms with Gasteiger partial charge in [0.15, 0.2) is 0 Å². The molecule has 2 aromatic rings. The Balaban J connectivity index is 2.23. The average Bonchev–Trinajstić information content (AvgIpc) is 2.33. The van der Waals surface area contributed by atoms with Crippen LogP contribution in [-0.2, 0) is 0 Å². The molecule has 0 radical (unpaired) electrons. The van der Waals surface area contributed by atoms with Crippen LogP contribution in [0, 0.1) is 12.7 Å². The molecule has 0 aromatic heterocycles. The van der Waals surface area contributed by atoms with E-state index in [2.05, 4.69) is 5.32 Å². The molecule has 1 amide bonds. The first-order chi connectivity index (χ1) is 8.97. The predicted molar refractivity (Wildman–Crippen MR) is 75.0 cm³/mol. The predicted octanol–water partition coefficient (Wildman–Crippen LogP) is 3.62. The minimum absolute atomic E-state index is 0.255. The van der Waals surface area contributed by atoms with Gasteiger partial charge in [0.25, 0.3) is 5.91 Å². The number of rotatable bonds is 2. The first kappa shape index (κ1) is 13.4. The highest BCUT2D eigenvalue weighted by Crippen LogP contribution is 2.21. The average molecular weight is 279 g/mol. The van der Waals surface area contributed by atoms with Crippen molar-refractivity contribution in [2.24, 2.45) is 0 Å². The topological polar surface area (TPSA) is 55.1 Å². The number of nitrogen functional groups attached to an aromatic ring is 1.